The van der Waals surface area contributed by atoms with E-state index in [4.69, 9.17) is 4.42 Å². The fourth-order valence-corrected chi connectivity index (χ4v) is 2.65. The summed E-state index contributed by atoms with van der Waals surface area (Å²) in [6.45, 7) is 0. The maximum atomic E-state index is 12.5. The SMILES string of the molecule is CSc1ccccc1C(=O)c1cc2ccccc2o1. The summed E-state index contributed by atoms with van der Waals surface area (Å²) in [5.74, 6) is 0.323. The number of benzene rings is 2. The minimum Gasteiger partial charge on any atom is -0.453 e. The van der Waals surface area contributed by atoms with Crippen LogP contribution in [0.4, 0.5) is 0 Å². The van der Waals surface area contributed by atoms with Gasteiger partial charge in [-0.2, -0.15) is 0 Å². The Bertz CT molecular complexity index is 710. The topological polar surface area (TPSA) is 30.2 Å². The van der Waals surface area contributed by atoms with Crippen LogP contribution in [0.15, 0.2) is 63.9 Å². The molecule has 0 N–H and O–H groups in total. The Kier molecular flexibility index (Phi) is 3.13. The quantitative estimate of drug-likeness (QED) is 0.521. The molecule has 19 heavy (non-hydrogen) atoms. The molecule has 3 aromatic rings. The summed E-state index contributed by atoms with van der Waals surface area (Å²) in [6.07, 6.45) is 1.96. The summed E-state index contributed by atoms with van der Waals surface area (Å²) >= 11 is 1.56. The first kappa shape index (κ1) is 12.1. The van der Waals surface area contributed by atoms with Gasteiger partial charge in [-0.15, -0.1) is 11.8 Å². The number of para-hydroxylation sites is 1. The van der Waals surface area contributed by atoms with E-state index in [1.165, 1.54) is 0 Å². The molecule has 0 aliphatic heterocycles. The Morgan fingerprint density at radius 1 is 1.05 bits per heavy atom. The number of carbonyl (C=O) groups is 1. The highest BCUT2D eigenvalue weighted by molar-refractivity contribution is 7.98. The number of carbonyl (C=O) groups excluding carboxylic acids is 1. The van der Waals surface area contributed by atoms with Gasteiger partial charge in [0.25, 0.3) is 0 Å². The number of ketones is 1. The molecule has 0 aliphatic carbocycles. The molecule has 0 amide bonds. The van der Waals surface area contributed by atoms with Crippen LogP contribution in [-0.2, 0) is 0 Å². The van der Waals surface area contributed by atoms with Crippen molar-refractivity contribution in [1.29, 1.82) is 0 Å². The van der Waals surface area contributed by atoms with Crippen LogP contribution in [0.1, 0.15) is 16.1 Å². The van der Waals surface area contributed by atoms with Crippen LogP contribution in [0.2, 0.25) is 0 Å². The van der Waals surface area contributed by atoms with E-state index in [1.807, 2.05) is 54.8 Å². The highest BCUT2D eigenvalue weighted by atomic mass is 32.2. The fourth-order valence-electron chi connectivity index (χ4n) is 2.06. The van der Waals surface area contributed by atoms with Gasteiger partial charge in [0.15, 0.2) is 5.76 Å². The van der Waals surface area contributed by atoms with Crippen LogP contribution in [0.5, 0.6) is 0 Å². The van der Waals surface area contributed by atoms with E-state index in [9.17, 15) is 4.79 Å². The second-order valence-electron chi connectivity index (χ2n) is 4.18. The zero-order valence-corrected chi connectivity index (χ0v) is 11.2. The third-order valence-corrected chi connectivity index (χ3v) is 3.80. The van der Waals surface area contributed by atoms with Crippen LogP contribution in [0, 0.1) is 0 Å². The molecule has 3 heteroatoms. The largest absolute Gasteiger partial charge is 0.453 e. The van der Waals surface area contributed by atoms with Gasteiger partial charge in [0, 0.05) is 15.8 Å². The zero-order chi connectivity index (χ0) is 13.2. The third-order valence-electron chi connectivity index (χ3n) is 3.00. The molecule has 2 nitrogen and oxygen atoms in total. The number of furan rings is 1. The standard InChI is InChI=1S/C16H12O2S/c1-19-15-9-5-3-7-12(15)16(17)14-10-11-6-2-4-8-13(11)18-14/h2-10H,1H3. The first-order chi connectivity index (χ1) is 9.29. The van der Waals surface area contributed by atoms with Gasteiger partial charge in [-0.05, 0) is 30.5 Å². The van der Waals surface area contributed by atoms with Gasteiger partial charge in [-0.25, -0.2) is 0 Å². The molecule has 0 fully saturated rings. The lowest BCUT2D eigenvalue weighted by Gasteiger charge is -2.03. The average molecular weight is 268 g/mol. The molecule has 0 radical (unpaired) electrons. The normalized spacial score (nSPS) is 10.8. The fraction of sp³-hybridized carbons (Fsp3) is 0.0625. The number of fused-ring (bicyclic) bond motifs is 1. The first-order valence-corrected chi connectivity index (χ1v) is 7.18. The van der Waals surface area contributed by atoms with E-state index >= 15 is 0 Å². The second-order valence-corrected chi connectivity index (χ2v) is 5.03. The van der Waals surface area contributed by atoms with E-state index in [1.54, 1.807) is 17.8 Å². The lowest BCUT2D eigenvalue weighted by Crippen LogP contribution is -2.01. The predicted molar refractivity (Wildman–Crippen MR) is 77.9 cm³/mol. The molecule has 94 valence electrons. The van der Waals surface area contributed by atoms with Crippen molar-refractivity contribution in [3.63, 3.8) is 0 Å². The van der Waals surface area contributed by atoms with E-state index in [0.717, 1.165) is 15.9 Å². The lowest BCUT2D eigenvalue weighted by atomic mass is 10.1. The van der Waals surface area contributed by atoms with E-state index in [-0.39, 0.29) is 5.78 Å². The average Bonchev–Trinajstić information content (AvgIpc) is 2.90. The maximum absolute atomic E-state index is 12.5. The van der Waals surface area contributed by atoms with E-state index in [0.29, 0.717) is 11.3 Å². The van der Waals surface area contributed by atoms with Gasteiger partial charge in [0.1, 0.15) is 5.58 Å². The molecule has 0 spiro atoms. The number of hydrogen-bond donors (Lipinski definition) is 0. The third kappa shape index (κ3) is 2.17. The molecular formula is C16H12O2S. The molecule has 0 aliphatic rings. The molecule has 0 atom stereocenters. The van der Waals surface area contributed by atoms with Crippen molar-refractivity contribution < 1.29 is 9.21 Å². The predicted octanol–water partition coefficient (Wildman–Crippen LogP) is 4.39. The Morgan fingerprint density at radius 2 is 1.79 bits per heavy atom. The zero-order valence-electron chi connectivity index (χ0n) is 10.4. The summed E-state index contributed by atoms with van der Waals surface area (Å²) in [4.78, 5) is 13.5. The Morgan fingerprint density at radius 3 is 2.58 bits per heavy atom. The molecule has 0 unspecified atom stereocenters. The van der Waals surface area contributed by atoms with Crippen molar-refractivity contribution in [2.75, 3.05) is 6.26 Å². The number of thioether (sulfide) groups is 1. The van der Waals surface area contributed by atoms with Gasteiger partial charge < -0.3 is 4.42 Å². The van der Waals surface area contributed by atoms with Gasteiger partial charge in [0.2, 0.25) is 5.78 Å². The minimum atomic E-state index is -0.0684. The van der Waals surface area contributed by atoms with Gasteiger partial charge in [-0.3, -0.25) is 4.79 Å². The molecule has 1 aromatic heterocycles. The molecule has 2 aromatic carbocycles. The van der Waals surface area contributed by atoms with Crippen LogP contribution in [0.3, 0.4) is 0 Å². The first-order valence-electron chi connectivity index (χ1n) is 5.96. The molecule has 0 bridgehead atoms. The molecule has 1 heterocycles. The van der Waals surface area contributed by atoms with Crippen molar-refractivity contribution in [3.8, 4) is 0 Å². The van der Waals surface area contributed by atoms with Gasteiger partial charge in [0.05, 0.1) is 0 Å². The summed E-state index contributed by atoms with van der Waals surface area (Å²) < 4.78 is 5.62. The van der Waals surface area contributed by atoms with Crippen LogP contribution >= 0.6 is 11.8 Å². The summed E-state index contributed by atoms with van der Waals surface area (Å²) in [6, 6.07) is 17.0. The number of rotatable bonds is 3. The Hall–Kier alpha value is -2.00. The second kappa shape index (κ2) is 4.94. The van der Waals surface area contributed by atoms with E-state index < -0.39 is 0 Å². The van der Waals surface area contributed by atoms with Crippen LogP contribution < -0.4 is 0 Å². The number of hydrogen-bond acceptors (Lipinski definition) is 3. The van der Waals surface area contributed by atoms with Crippen LogP contribution in [0.25, 0.3) is 11.0 Å². The van der Waals surface area contributed by atoms with Crippen molar-refractivity contribution in [3.05, 3.63) is 65.9 Å². The smallest absolute Gasteiger partial charge is 0.229 e. The molecule has 0 saturated heterocycles. The van der Waals surface area contributed by atoms with Gasteiger partial charge >= 0.3 is 0 Å². The highest BCUT2D eigenvalue weighted by Gasteiger charge is 2.17. The summed E-state index contributed by atoms with van der Waals surface area (Å²) in [5.41, 5.74) is 1.43. The van der Waals surface area contributed by atoms with Crippen molar-refractivity contribution in [1.82, 2.24) is 0 Å². The summed E-state index contributed by atoms with van der Waals surface area (Å²) in [7, 11) is 0. The highest BCUT2D eigenvalue weighted by Crippen LogP contribution is 2.25. The summed E-state index contributed by atoms with van der Waals surface area (Å²) in [5, 5.41) is 0.951. The van der Waals surface area contributed by atoms with Gasteiger partial charge in [-0.1, -0.05) is 30.3 Å². The monoisotopic (exact) mass is 268 g/mol. The molecule has 0 saturated carbocycles. The minimum absolute atomic E-state index is 0.0684. The Labute approximate surface area is 115 Å². The molecule has 3 rings (SSSR count). The van der Waals surface area contributed by atoms with Crippen LogP contribution in [-0.4, -0.2) is 12.0 Å². The van der Waals surface area contributed by atoms with Crippen molar-refractivity contribution >= 4 is 28.5 Å². The van der Waals surface area contributed by atoms with Crippen molar-refractivity contribution in [2.24, 2.45) is 0 Å². The molecular weight excluding hydrogens is 256 g/mol. The maximum Gasteiger partial charge on any atom is 0.229 e. The Balaban J connectivity index is 2.08. The lowest BCUT2D eigenvalue weighted by molar-refractivity contribution is 0.101. The van der Waals surface area contributed by atoms with Crippen molar-refractivity contribution in [2.45, 2.75) is 4.90 Å². The van der Waals surface area contributed by atoms with E-state index in [2.05, 4.69) is 0 Å².